The highest BCUT2D eigenvalue weighted by Crippen LogP contribution is 2.19. The Morgan fingerprint density at radius 2 is 1.21 bits per heavy atom. The van der Waals surface area contributed by atoms with Crippen LogP contribution >= 0.6 is 0 Å². The molecule has 2 rings (SSSR count). The van der Waals surface area contributed by atoms with Gasteiger partial charge in [-0.05, 0) is 27.7 Å². The molecule has 0 aromatic carbocycles. The zero-order valence-electron chi connectivity index (χ0n) is 15.2. The highest BCUT2D eigenvalue weighted by Gasteiger charge is 2.34. The minimum atomic E-state index is -0.401. The van der Waals surface area contributed by atoms with Crippen molar-refractivity contribution in [3.05, 3.63) is 0 Å². The van der Waals surface area contributed by atoms with Gasteiger partial charge in [0.2, 0.25) is 0 Å². The molecule has 8 nitrogen and oxygen atoms in total. The number of hydrogen-bond donors (Lipinski definition) is 2. The number of rotatable bonds is 5. The summed E-state index contributed by atoms with van der Waals surface area (Å²) in [6, 6.07) is 0. The van der Waals surface area contributed by atoms with Crippen molar-refractivity contribution in [2.45, 2.75) is 51.6 Å². The molecule has 8 heteroatoms. The number of nitrogens with one attached hydrogen (secondary N) is 2. The molecule has 138 valence electrons. The van der Waals surface area contributed by atoms with Gasteiger partial charge in [-0.2, -0.15) is 0 Å². The average molecular weight is 342 g/mol. The van der Waals surface area contributed by atoms with E-state index in [1.165, 1.54) is 0 Å². The van der Waals surface area contributed by atoms with Crippen molar-refractivity contribution in [2.75, 3.05) is 39.3 Å². The number of carbonyl (C=O) groups is 2. The first-order valence-corrected chi connectivity index (χ1v) is 8.59. The largest absolute Gasteiger partial charge is 0.367 e. The van der Waals surface area contributed by atoms with Crippen LogP contribution in [0.2, 0.25) is 0 Å². The van der Waals surface area contributed by atoms with Crippen molar-refractivity contribution in [1.29, 1.82) is 0 Å². The van der Waals surface area contributed by atoms with Gasteiger partial charge in [0.15, 0.2) is 0 Å². The van der Waals surface area contributed by atoms with Crippen molar-refractivity contribution >= 4 is 11.9 Å². The van der Waals surface area contributed by atoms with E-state index >= 15 is 0 Å². The normalized spacial score (nSPS) is 24.3. The summed E-state index contributed by atoms with van der Waals surface area (Å²) < 4.78 is 0. The fourth-order valence-corrected chi connectivity index (χ4v) is 2.81. The van der Waals surface area contributed by atoms with Gasteiger partial charge in [-0.1, -0.05) is 0 Å². The van der Waals surface area contributed by atoms with E-state index < -0.39 is 11.9 Å². The van der Waals surface area contributed by atoms with Gasteiger partial charge in [-0.3, -0.25) is 9.59 Å². The molecule has 0 atom stereocenters. The molecule has 0 aromatic heterocycles. The monoisotopic (exact) mass is 342 g/mol. The molecule has 2 aliphatic rings. The summed E-state index contributed by atoms with van der Waals surface area (Å²) in [6.45, 7) is 12.4. The summed E-state index contributed by atoms with van der Waals surface area (Å²) >= 11 is 0. The van der Waals surface area contributed by atoms with Gasteiger partial charge in [0, 0.05) is 39.3 Å². The van der Waals surface area contributed by atoms with E-state index in [-0.39, 0.29) is 23.9 Å². The van der Waals surface area contributed by atoms with Crippen LogP contribution in [0.4, 0.5) is 0 Å². The van der Waals surface area contributed by atoms with Crippen LogP contribution in [0, 0.1) is 0 Å². The summed E-state index contributed by atoms with van der Waals surface area (Å²) in [5.41, 5.74) is -0.501. The van der Waals surface area contributed by atoms with Gasteiger partial charge in [0.05, 0.1) is 23.9 Å². The number of piperazine rings is 2. The van der Waals surface area contributed by atoms with E-state index in [2.05, 4.69) is 10.6 Å². The molecule has 2 fully saturated rings. The highest BCUT2D eigenvalue weighted by atomic mass is 16.7. The van der Waals surface area contributed by atoms with Crippen LogP contribution < -0.4 is 10.6 Å². The summed E-state index contributed by atoms with van der Waals surface area (Å²) in [4.78, 5) is 34.8. The summed E-state index contributed by atoms with van der Waals surface area (Å²) in [6.07, 6.45) is 0.0384. The molecule has 2 N–H and O–H groups in total. The van der Waals surface area contributed by atoms with Crippen LogP contribution in [0.25, 0.3) is 0 Å². The number of carbonyl (C=O) groups excluding carboxylic acids is 2. The third kappa shape index (κ3) is 5.14. The minimum Gasteiger partial charge on any atom is -0.367 e. The lowest BCUT2D eigenvalue weighted by Crippen LogP contribution is -2.58. The molecular weight excluding hydrogens is 312 g/mol. The van der Waals surface area contributed by atoms with Crippen LogP contribution in [-0.4, -0.2) is 72.4 Å². The van der Waals surface area contributed by atoms with Gasteiger partial charge in [0.1, 0.15) is 0 Å². The topological polar surface area (TPSA) is 83.1 Å². The lowest BCUT2D eigenvalue weighted by atomic mass is 10.0. The Kier molecular flexibility index (Phi) is 6.19. The first-order valence-electron chi connectivity index (χ1n) is 8.59. The lowest BCUT2D eigenvalue weighted by Gasteiger charge is -2.40. The van der Waals surface area contributed by atoms with Crippen molar-refractivity contribution in [3.8, 4) is 0 Å². The van der Waals surface area contributed by atoms with Gasteiger partial charge in [-0.15, -0.1) is 10.1 Å². The third-order valence-electron chi connectivity index (χ3n) is 4.41. The number of hydroxylamine groups is 4. The molecule has 2 aliphatic heterocycles. The maximum Gasteiger partial charge on any atom is 0.325 e. The second-order valence-corrected chi connectivity index (χ2v) is 7.61. The van der Waals surface area contributed by atoms with E-state index in [1.807, 2.05) is 27.7 Å². The highest BCUT2D eigenvalue weighted by molar-refractivity contribution is 5.77. The van der Waals surface area contributed by atoms with E-state index in [1.54, 1.807) is 10.1 Å². The molecule has 2 saturated heterocycles. The van der Waals surface area contributed by atoms with E-state index in [0.717, 1.165) is 26.2 Å². The molecule has 24 heavy (non-hydrogen) atoms. The number of nitrogens with zero attached hydrogens (tertiary/aromatic N) is 2. The molecule has 2 heterocycles. The standard InChI is InChI=1S/C16H30N4O4/c1-15(2)11-17-7-9-19(15)23-13(21)5-6-14(22)24-20-10-8-18-12-16(20,3)4/h17-18H,5-12H2,1-4H3. The SMILES string of the molecule is CC1(C)CNCCN1OC(=O)CCC(=O)ON1CCNCC1(C)C. The Labute approximate surface area is 143 Å². The first kappa shape index (κ1) is 19.1. The van der Waals surface area contributed by atoms with Crippen molar-refractivity contribution in [2.24, 2.45) is 0 Å². The van der Waals surface area contributed by atoms with Crippen molar-refractivity contribution in [3.63, 3.8) is 0 Å². The van der Waals surface area contributed by atoms with Crippen LogP contribution in [0.5, 0.6) is 0 Å². The lowest BCUT2D eigenvalue weighted by molar-refractivity contribution is -0.227. The Bertz CT molecular complexity index is 425. The van der Waals surface area contributed by atoms with Gasteiger partial charge in [-0.25, -0.2) is 0 Å². The number of hydrogen-bond acceptors (Lipinski definition) is 8. The predicted octanol–water partition coefficient (Wildman–Crippen LogP) is 0.0506. The van der Waals surface area contributed by atoms with Gasteiger partial charge in [0.25, 0.3) is 0 Å². The predicted molar refractivity (Wildman–Crippen MR) is 88.7 cm³/mol. The Balaban J connectivity index is 1.74. The summed E-state index contributed by atoms with van der Waals surface area (Å²) in [5.74, 6) is -0.803. The van der Waals surface area contributed by atoms with Crippen molar-refractivity contribution in [1.82, 2.24) is 20.8 Å². The molecule has 0 aliphatic carbocycles. The molecule has 0 radical (unpaired) electrons. The maximum absolute atomic E-state index is 12.0. The zero-order valence-corrected chi connectivity index (χ0v) is 15.2. The summed E-state index contributed by atoms with van der Waals surface area (Å²) in [7, 11) is 0. The smallest absolute Gasteiger partial charge is 0.325 e. The maximum atomic E-state index is 12.0. The molecule has 0 aromatic rings. The van der Waals surface area contributed by atoms with E-state index in [0.29, 0.717) is 13.1 Å². The fraction of sp³-hybridized carbons (Fsp3) is 0.875. The Hall–Kier alpha value is -1.22. The average Bonchev–Trinajstić information content (AvgIpc) is 2.49. The molecule has 0 saturated carbocycles. The molecule has 0 spiro atoms. The van der Waals surface area contributed by atoms with Crippen LogP contribution in [0.1, 0.15) is 40.5 Å². The van der Waals surface area contributed by atoms with Gasteiger partial charge < -0.3 is 20.3 Å². The molecule has 0 amide bonds. The van der Waals surface area contributed by atoms with Gasteiger partial charge >= 0.3 is 11.9 Å². The Morgan fingerprint density at radius 3 is 1.54 bits per heavy atom. The van der Waals surface area contributed by atoms with E-state index in [9.17, 15) is 9.59 Å². The quantitative estimate of drug-likeness (QED) is 0.725. The molecule has 0 unspecified atom stereocenters. The second-order valence-electron chi connectivity index (χ2n) is 7.61. The third-order valence-corrected chi connectivity index (χ3v) is 4.41. The zero-order chi connectivity index (χ0) is 17.8. The molecular formula is C16H30N4O4. The fourth-order valence-electron chi connectivity index (χ4n) is 2.81. The second kappa shape index (κ2) is 7.77. The van der Waals surface area contributed by atoms with Crippen LogP contribution in [0.15, 0.2) is 0 Å². The molecule has 0 bridgehead atoms. The van der Waals surface area contributed by atoms with Crippen LogP contribution in [-0.2, 0) is 19.3 Å². The minimum absolute atomic E-state index is 0.0192. The van der Waals surface area contributed by atoms with Crippen LogP contribution in [0.3, 0.4) is 0 Å². The van der Waals surface area contributed by atoms with E-state index in [4.69, 9.17) is 9.68 Å². The first-order chi connectivity index (χ1) is 11.2. The Morgan fingerprint density at radius 1 is 0.833 bits per heavy atom. The summed E-state index contributed by atoms with van der Waals surface area (Å²) in [5, 5.41) is 9.91. The van der Waals surface area contributed by atoms with Crippen molar-refractivity contribution < 1.29 is 19.3 Å².